The molecule has 0 amide bonds. The van der Waals surface area contributed by atoms with Crippen molar-refractivity contribution in [2.24, 2.45) is 10.3 Å². The molecule has 1 atom stereocenters. The third-order valence-electron chi connectivity index (χ3n) is 7.56. The average molecular weight is 474 g/mol. The summed E-state index contributed by atoms with van der Waals surface area (Å²) in [5.41, 5.74) is 3.54. The van der Waals surface area contributed by atoms with Gasteiger partial charge in [0.15, 0.2) is 0 Å². The molecule has 0 saturated heterocycles. The number of sulfone groups is 1. The van der Waals surface area contributed by atoms with Crippen LogP contribution in [-0.4, -0.2) is 37.8 Å². The Balaban J connectivity index is 1.43. The minimum Gasteiger partial charge on any atom is -0.410 e. The summed E-state index contributed by atoms with van der Waals surface area (Å²) in [6.45, 7) is 4.29. The molecule has 1 N–H and O–H groups in total. The SMILES string of the molecule is CN1c2ccccc2C(C)(C)[C@@]12CC(c1ccc3c(c1)S(=O)(=O)c1ccccc1/C3=N/O)=NO2. The predicted molar refractivity (Wildman–Crippen MR) is 129 cm³/mol. The molecule has 3 aliphatic heterocycles. The van der Waals surface area contributed by atoms with Crippen LogP contribution in [0.1, 0.15) is 42.5 Å². The number of rotatable bonds is 1. The molecule has 0 aliphatic carbocycles. The average Bonchev–Trinajstić information content (AvgIpc) is 3.37. The summed E-state index contributed by atoms with van der Waals surface area (Å²) in [5.74, 6) is 0. The van der Waals surface area contributed by atoms with E-state index in [-0.39, 0.29) is 20.9 Å². The van der Waals surface area contributed by atoms with Crippen molar-refractivity contribution < 1.29 is 18.5 Å². The minimum absolute atomic E-state index is 0.0995. The van der Waals surface area contributed by atoms with Crippen molar-refractivity contribution in [2.75, 3.05) is 11.9 Å². The molecule has 0 bridgehead atoms. The highest BCUT2D eigenvalue weighted by Gasteiger charge is 2.61. The van der Waals surface area contributed by atoms with Crippen molar-refractivity contribution in [3.8, 4) is 0 Å². The Hall–Kier alpha value is -3.65. The molecule has 172 valence electrons. The maximum atomic E-state index is 13.5. The van der Waals surface area contributed by atoms with Crippen LogP contribution < -0.4 is 4.90 Å². The molecule has 0 unspecified atom stereocenters. The first kappa shape index (κ1) is 20.9. The number of para-hydroxylation sites is 1. The van der Waals surface area contributed by atoms with Crippen molar-refractivity contribution in [3.05, 3.63) is 89.0 Å². The van der Waals surface area contributed by atoms with Crippen LogP contribution in [0.25, 0.3) is 0 Å². The van der Waals surface area contributed by atoms with Crippen LogP contribution in [0.15, 0.2) is 86.8 Å². The third-order valence-corrected chi connectivity index (χ3v) is 9.41. The number of benzene rings is 3. The van der Waals surface area contributed by atoms with E-state index in [0.29, 0.717) is 28.8 Å². The quantitative estimate of drug-likeness (QED) is 0.329. The zero-order valence-corrected chi connectivity index (χ0v) is 19.8. The number of likely N-dealkylation sites (N-methyl/N-ethyl adjacent to an activating group) is 1. The van der Waals surface area contributed by atoms with Gasteiger partial charge in [-0.05, 0) is 37.6 Å². The van der Waals surface area contributed by atoms with Crippen LogP contribution in [0, 0.1) is 0 Å². The fourth-order valence-corrected chi connectivity index (χ4v) is 7.28. The van der Waals surface area contributed by atoms with E-state index in [2.05, 4.69) is 41.2 Å². The number of hydrogen-bond acceptors (Lipinski definition) is 7. The second-order valence-corrected chi connectivity index (χ2v) is 11.3. The van der Waals surface area contributed by atoms with Crippen LogP contribution in [0.4, 0.5) is 5.69 Å². The lowest BCUT2D eigenvalue weighted by Gasteiger charge is -2.40. The van der Waals surface area contributed by atoms with E-state index >= 15 is 0 Å². The van der Waals surface area contributed by atoms with Crippen LogP contribution in [0.3, 0.4) is 0 Å². The summed E-state index contributed by atoms with van der Waals surface area (Å²) in [6.07, 6.45) is 0.488. The molecule has 3 heterocycles. The summed E-state index contributed by atoms with van der Waals surface area (Å²) in [6, 6.07) is 19.9. The van der Waals surface area contributed by atoms with E-state index in [0.717, 1.165) is 5.69 Å². The summed E-state index contributed by atoms with van der Waals surface area (Å²) in [7, 11) is -1.80. The molecule has 3 aliphatic rings. The Morgan fingerprint density at radius 1 is 1.00 bits per heavy atom. The van der Waals surface area contributed by atoms with Crippen LogP contribution in [0.2, 0.25) is 0 Å². The molecule has 7 nitrogen and oxygen atoms in total. The van der Waals surface area contributed by atoms with Crippen molar-refractivity contribution >= 4 is 26.9 Å². The highest BCUT2D eigenvalue weighted by atomic mass is 32.2. The molecular formula is C26H23N3O4S. The topological polar surface area (TPSA) is 91.6 Å². The molecular weight excluding hydrogens is 450 g/mol. The Kier molecular flexibility index (Phi) is 4.12. The summed E-state index contributed by atoms with van der Waals surface area (Å²) >= 11 is 0. The molecule has 3 aromatic rings. The minimum atomic E-state index is -3.80. The van der Waals surface area contributed by atoms with Crippen LogP contribution >= 0.6 is 0 Å². The Labute approximate surface area is 197 Å². The monoisotopic (exact) mass is 473 g/mol. The van der Waals surface area contributed by atoms with E-state index in [1.165, 1.54) is 11.6 Å². The van der Waals surface area contributed by atoms with Gasteiger partial charge in [0.1, 0.15) is 5.71 Å². The van der Waals surface area contributed by atoms with E-state index in [4.69, 9.17) is 4.84 Å². The summed E-state index contributed by atoms with van der Waals surface area (Å²) in [4.78, 5) is 8.52. The van der Waals surface area contributed by atoms with Crippen molar-refractivity contribution in [3.63, 3.8) is 0 Å². The van der Waals surface area contributed by atoms with Crippen LogP contribution in [-0.2, 0) is 20.1 Å². The first-order chi connectivity index (χ1) is 16.2. The molecule has 0 aromatic heterocycles. The molecule has 8 heteroatoms. The van der Waals surface area contributed by atoms with E-state index in [9.17, 15) is 13.6 Å². The number of nitrogens with zero attached hydrogens (tertiary/aromatic N) is 3. The zero-order chi connectivity index (χ0) is 23.9. The Morgan fingerprint density at radius 2 is 1.71 bits per heavy atom. The number of hydrogen-bond donors (Lipinski definition) is 1. The van der Waals surface area contributed by atoms with Crippen molar-refractivity contribution in [1.29, 1.82) is 0 Å². The normalized spacial score (nSPS) is 24.4. The van der Waals surface area contributed by atoms with Crippen molar-refractivity contribution in [2.45, 2.75) is 41.2 Å². The van der Waals surface area contributed by atoms with Crippen LogP contribution in [0.5, 0.6) is 0 Å². The molecule has 0 radical (unpaired) electrons. The fourth-order valence-electron chi connectivity index (χ4n) is 5.60. The predicted octanol–water partition coefficient (Wildman–Crippen LogP) is 4.31. The maximum absolute atomic E-state index is 13.5. The van der Waals surface area contributed by atoms with E-state index in [1.54, 1.807) is 30.3 Å². The van der Waals surface area contributed by atoms with Gasteiger partial charge in [-0.15, -0.1) is 0 Å². The highest BCUT2D eigenvalue weighted by Crippen LogP contribution is 2.55. The first-order valence-electron chi connectivity index (χ1n) is 11.0. The van der Waals surface area contributed by atoms with E-state index in [1.807, 2.05) is 25.2 Å². The van der Waals surface area contributed by atoms with Gasteiger partial charge in [-0.25, -0.2) is 8.42 Å². The summed E-state index contributed by atoms with van der Waals surface area (Å²) in [5, 5.41) is 17.6. The molecule has 0 fully saturated rings. The largest absolute Gasteiger partial charge is 0.410 e. The second kappa shape index (κ2) is 6.70. The number of fused-ring (bicyclic) bond motifs is 3. The smallest absolute Gasteiger partial charge is 0.224 e. The third kappa shape index (κ3) is 2.43. The number of oxime groups is 2. The fraction of sp³-hybridized carbons (Fsp3) is 0.231. The van der Waals surface area contributed by atoms with Gasteiger partial charge in [-0.2, -0.15) is 0 Å². The van der Waals surface area contributed by atoms with Gasteiger partial charge in [0.2, 0.25) is 15.6 Å². The van der Waals surface area contributed by atoms with Gasteiger partial charge >= 0.3 is 0 Å². The lowest BCUT2D eigenvalue weighted by atomic mass is 9.75. The van der Waals surface area contributed by atoms with Gasteiger partial charge < -0.3 is 14.9 Å². The van der Waals surface area contributed by atoms with Gasteiger partial charge in [0, 0.05) is 29.4 Å². The molecule has 0 saturated carbocycles. The molecule has 6 rings (SSSR count). The zero-order valence-electron chi connectivity index (χ0n) is 19.0. The molecule has 34 heavy (non-hydrogen) atoms. The Morgan fingerprint density at radius 3 is 2.47 bits per heavy atom. The standard InChI is InChI=1S/C26H23N3O4S/c1-25(2)19-9-5-6-10-21(19)29(3)26(25)15-20(28-33-26)16-12-13-18-23(14-16)34(31,32)22-11-7-4-8-17(22)24(18)27-30/h4-14,30H,15H2,1-3H3/b27-24-/t26-/m0/s1. The molecule has 3 aromatic carbocycles. The highest BCUT2D eigenvalue weighted by molar-refractivity contribution is 7.91. The summed E-state index contributed by atoms with van der Waals surface area (Å²) < 4.78 is 26.9. The maximum Gasteiger partial charge on any atom is 0.224 e. The molecule has 1 spiro atoms. The van der Waals surface area contributed by atoms with E-state index < -0.39 is 15.6 Å². The Bertz CT molecular complexity index is 1540. The van der Waals surface area contributed by atoms with Gasteiger partial charge in [-0.1, -0.05) is 58.8 Å². The van der Waals surface area contributed by atoms with Gasteiger partial charge in [0.05, 0.1) is 27.3 Å². The van der Waals surface area contributed by atoms with Gasteiger partial charge in [0.25, 0.3) is 0 Å². The van der Waals surface area contributed by atoms with Gasteiger partial charge in [-0.3, -0.25) is 0 Å². The van der Waals surface area contributed by atoms with Crippen molar-refractivity contribution in [1.82, 2.24) is 0 Å². The second-order valence-electron chi connectivity index (χ2n) is 9.45. The number of anilines is 1. The lowest BCUT2D eigenvalue weighted by molar-refractivity contribution is -0.0591. The first-order valence-corrected chi connectivity index (χ1v) is 12.5. The lowest BCUT2D eigenvalue weighted by Crippen LogP contribution is -2.54.